The molecule has 2 fully saturated rings. The minimum absolute atomic E-state index is 0.781. The normalized spacial score (nSPS) is 46.8. The van der Waals surface area contributed by atoms with Gasteiger partial charge in [0.15, 0.2) is 0 Å². The van der Waals surface area contributed by atoms with Gasteiger partial charge in [-0.1, -0.05) is 89.4 Å². The molecule has 8 atom stereocenters. The van der Waals surface area contributed by atoms with E-state index < -0.39 is 8.07 Å². The van der Waals surface area contributed by atoms with E-state index in [9.17, 15) is 0 Å². The zero-order valence-electron chi connectivity index (χ0n) is 17.6. The lowest BCUT2D eigenvalue weighted by Gasteiger charge is -2.46. The maximum atomic E-state index is 2.77. The Morgan fingerprint density at radius 3 is 1.77 bits per heavy atom. The molecule has 0 nitrogen and oxygen atoms in total. The molecule has 26 heavy (non-hydrogen) atoms. The lowest BCUT2D eigenvalue weighted by Crippen LogP contribution is -2.46. The van der Waals surface area contributed by atoms with Crippen molar-refractivity contribution in [3.8, 4) is 0 Å². The molecule has 4 aliphatic rings. The van der Waals surface area contributed by atoms with E-state index in [-0.39, 0.29) is 0 Å². The molecule has 1 heteroatoms. The maximum Gasteiger partial charge on any atom is 0.0550 e. The van der Waals surface area contributed by atoms with Crippen LogP contribution in [0, 0.1) is 47.3 Å². The minimum Gasteiger partial charge on any atom is -0.0808 e. The highest BCUT2D eigenvalue weighted by molar-refractivity contribution is 6.80. The van der Waals surface area contributed by atoms with Crippen molar-refractivity contribution in [2.45, 2.75) is 58.3 Å². The number of allylic oxidation sites excluding steroid dienone is 8. The largest absolute Gasteiger partial charge is 0.0808 e. The molecule has 142 valence electrons. The molecule has 2 saturated carbocycles. The standard InChI is InChI=1S/C25H38Si/c1-16(2)23-15-19-11-7-8-14-22(19)25(23)26(5,6)24-17(3)20-12-9-10-13-21(20)18(24)4/h7-14,16-25H,15H2,1-6H3. The van der Waals surface area contributed by atoms with Crippen LogP contribution in [-0.4, -0.2) is 8.07 Å². The SMILES string of the molecule is CC(C)C1CC2C=CC=CC2C1[Si](C)(C)C1C(C)C2C=CC=CC2C1C. The molecule has 0 radical (unpaired) electrons. The van der Waals surface area contributed by atoms with Crippen LogP contribution in [0.5, 0.6) is 0 Å². The van der Waals surface area contributed by atoms with E-state index >= 15 is 0 Å². The van der Waals surface area contributed by atoms with Crippen LogP contribution in [-0.2, 0) is 0 Å². The van der Waals surface area contributed by atoms with E-state index in [2.05, 4.69) is 89.4 Å². The zero-order chi connectivity index (χ0) is 18.6. The van der Waals surface area contributed by atoms with Crippen LogP contribution in [0.4, 0.5) is 0 Å². The Hall–Kier alpha value is -0.823. The van der Waals surface area contributed by atoms with Crippen LogP contribution in [0.15, 0.2) is 48.6 Å². The second kappa shape index (κ2) is 6.65. The van der Waals surface area contributed by atoms with Crippen LogP contribution >= 0.6 is 0 Å². The van der Waals surface area contributed by atoms with E-state index in [1.165, 1.54) is 6.42 Å². The minimum atomic E-state index is -1.44. The first kappa shape index (κ1) is 18.5. The number of hydrogen-bond donors (Lipinski definition) is 0. The second-order valence-electron chi connectivity index (χ2n) is 10.7. The third-order valence-corrected chi connectivity index (χ3v) is 14.2. The third kappa shape index (κ3) is 2.68. The lowest BCUT2D eigenvalue weighted by molar-refractivity contribution is 0.369. The highest BCUT2D eigenvalue weighted by atomic mass is 28.3. The molecule has 4 aliphatic carbocycles. The van der Waals surface area contributed by atoms with Gasteiger partial charge in [-0.05, 0) is 64.8 Å². The molecular formula is C25H38Si. The van der Waals surface area contributed by atoms with Crippen LogP contribution in [0.1, 0.15) is 34.1 Å². The van der Waals surface area contributed by atoms with Crippen molar-refractivity contribution in [2.75, 3.05) is 0 Å². The zero-order valence-corrected chi connectivity index (χ0v) is 18.6. The maximum absolute atomic E-state index is 2.77. The molecule has 0 saturated heterocycles. The molecular weight excluding hydrogens is 328 g/mol. The van der Waals surface area contributed by atoms with Crippen molar-refractivity contribution in [1.29, 1.82) is 0 Å². The van der Waals surface area contributed by atoms with Gasteiger partial charge in [0.1, 0.15) is 0 Å². The number of hydrogen-bond acceptors (Lipinski definition) is 0. The molecule has 0 heterocycles. The van der Waals surface area contributed by atoms with Gasteiger partial charge in [0.2, 0.25) is 0 Å². The summed E-state index contributed by atoms with van der Waals surface area (Å²) in [7, 11) is -1.44. The molecule has 0 amide bonds. The van der Waals surface area contributed by atoms with E-state index in [1.54, 1.807) is 0 Å². The van der Waals surface area contributed by atoms with Crippen molar-refractivity contribution in [2.24, 2.45) is 47.3 Å². The summed E-state index contributed by atoms with van der Waals surface area (Å²) in [4.78, 5) is 0. The summed E-state index contributed by atoms with van der Waals surface area (Å²) in [6.07, 6.45) is 20.8. The molecule has 0 aromatic heterocycles. The third-order valence-electron chi connectivity index (χ3n) is 8.86. The Morgan fingerprint density at radius 2 is 1.23 bits per heavy atom. The second-order valence-corrected chi connectivity index (χ2v) is 15.6. The first-order chi connectivity index (χ1) is 12.3. The van der Waals surface area contributed by atoms with E-state index in [4.69, 9.17) is 0 Å². The van der Waals surface area contributed by atoms with Crippen molar-refractivity contribution >= 4 is 8.07 Å². The van der Waals surface area contributed by atoms with Gasteiger partial charge >= 0.3 is 0 Å². The van der Waals surface area contributed by atoms with Gasteiger partial charge in [-0.3, -0.25) is 0 Å². The fraction of sp³-hybridized carbons (Fsp3) is 0.680. The fourth-order valence-corrected chi connectivity index (χ4v) is 14.6. The van der Waals surface area contributed by atoms with Gasteiger partial charge in [0.05, 0.1) is 8.07 Å². The summed E-state index contributed by atoms with van der Waals surface area (Å²) in [6, 6.07) is 0. The quantitative estimate of drug-likeness (QED) is 0.467. The molecule has 0 spiro atoms. The van der Waals surface area contributed by atoms with Crippen LogP contribution in [0.25, 0.3) is 0 Å². The first-order valence-corrected chi connectivity index (χ1v) is 14.2. The van der Waals surface area contributed by atoms with Gasteiger partial charge in [-0.2, -0.15) is 0 Å². The predicted octanol–water partition coefficient (Wildman–Crippen LogP) is 7.11. The topological polar surface area (TPSA) is 0 Å². The van der Waals surface area contributed by atoms with Crippen molar-refractivity contribution in [1.82, 2.24) is 0 Å². The summed E-state index contributed by atoms with van der Waals surface area (Å²) in [6.45, 7) is 15.7. The number of fused-ring (bicyclic) bond motifs is 2. The summed E-state index contributed by atoms with van der Waals surface area (Å²) >= 11 is 0. The fourth-order valence-electron chi connectivity index (χ4n) is 8.00. The smallest absolute Gasteiger partial charge is 0.0550 e. The van der Waals surface area contributed by atoms with Gasteiger partial charge in [0.25, 0.3) is 0 Å². The molecule has 0 aromatic carbocycles. The summed E-state index contributed by atoms with van der Waals surface area (Å²) in [5, 5.41) is 0. The van der Waals surface area contributed by atoms with Crippen LogP contribution < -0.4 is 0 Å². The van der Waals surface area contributed by atoms with E-state index in [0.717, 1.165) is 58.4 Å². The Morgan fingerprint density at radius 1 is 0.731 bits per heavy atom. The van der Waals surface area contributed by atoms with Crippen molar-refractivity contribution in [3.05, 3.63) is 48.6 Å². The van der Waals surface area contributed by atoms with Gasteiger partial charge < -0.3 is 0 Å². The molecule has 0 aliphatic heterocycles. The first-order valence-electron chi connectivity index (χ1n) is 11.0. The van der Waals surface area contributed by atoms with Gasteiger partial charge in [0, 0.05) is 0 Å². The highest BCUT2D eigenvalue weighted by Crippen LogP contribution is 2.64. The van der Waals surface area contributed by atoms with Crippen LogP contribution in [0.2, 0.25) is 24.2 Å². The monoisotopic (exact) mass is 366 g/mol. The molecule has 0 bridgehead atoms. The molecule has 4 rings (SSSR count). The summed E-state index contributed by atoms with van der Waals surface area (Å²) in [5.74, 6) is 6.58. The van der Waals surface area contributed by atoms with Crippen molar-refractivity contribution in [3.63, 3.8) is 0 Å². The van der Waals surface area contributed by atoms with Crippen LogP contribution in [0.3, 0.4) is 0 Å². The van der Waals surface area contributed by atoms with E-state index in [1.807, 2.05) is 0 Å². The summed E-state index contributed by atoms with van der Waals surface area (Å²) in [5.41, 5.74) is 1.88. The van der Waals surface area contributed by atoms with Gasteiger partial charge in [-0.25, -0.2) is 0 Å². The molecule has 0 aromatic rings. The Labute approximate surface area is 162 Å². The molecule has 0 N–H and O–H groups in total. The molecule has 8 unspecified atom stereocenters. The average Bonchev–Trinajstić information content (AvgIpc) is 3.13. The van der Waals surface area contributed by atoms with Crippen molar-refractivity contribution < 1.29 is 0 Å². The highest BCUT2D eigenvalue weighted by Gasteiger charge is 2.58. The number of rotatable bonds is 3. The Bertz CT molecular complexity index is 625. The Balaban J connectivity index is 1.70. The lowest BCUT2D eigenvalue weighted by atomic mass is 9.85. The van der Waals surface area contributed by atoms with E-state index in [0.29, 0.717) is 0 Å². The Kier molecular flexibility index (Phi) is 4.74. The predicted molar refractivity (Wildman–Crippen MR) is 117 cm³/mol. The van der Waals surface area contributed by atoms with Gasteiger partial charge in [-0.15, -0.1) is 0 Å². The average molecular weight is 367 g/mol. The summed E-state index contributed by atoms with van der Waals surface area (Å²) < 4.78 is 0.